The molecule has 1 aliphatic rings. The molecule has 0 bridgehead atoms. The fraction of sp³-hybridized carbons (Fsp3) is 0.368. The van der Waals surface area contributed by atoms with Crippen molar-refractivity contribution in [1.82, 2.24) is 15.5 Å². The van der Waals surface area contributed by atoms with Gasteiger partial charge >= 0.3 is 0 Å². The van der Waals surface area contributed by atoms with Crippen LogP contribution in [0.25, 0.3) is 5.57 Å². The number of hydrogen-bond acceptors (Lipinski definition) is 6. The Bertz CT molecular complexity index is 774. The molecule has 0 unspecified atom stereocenters. The second kappa shape index (κ2) is 7.98. The van der Waals surface area contributed by atoms with Gasteiger partial charge in [0.15, 0.2) is 5.82 Å². The van der Waals surface area contributed by atoms with Gasteiger partial charge in [0.05, 0.1) is 19.9 Å². The molecular formula is C19H24N4O2. The number of ether oxygens (including phenoxy) is 2. The fourth-order valence-corrected chi connectivity index (χ4v) is 2.85. The summed E-state index contributed by atoms with van der Waals surface area (Å²) in [5.74, 6) is 2.35. The SMILES string of the molecule is COc1ccc(CNc2nnc(C3=CCNCC3)cc2C)c(OC)c1. The molecule has 1 aromatic carbocycles. The van der Waals surface area contributed by atoms with Crippen molar-refractivity contribution in [3.63, 3.8) is 0 Å². The van der Waals surface area contributed by atoms with E-state index < -0.39 is 0 Å². The van der Waals surface area contributed by atoms with Crippen LogP contribution in [0.15, 0.2) is 30.3 Å². The highest BCUT2D eigenvalue weighted by atomic mass is 16.5. The van der Waals surface area contributed by atoms with Gasteiger partial charge in [-0.2, -0.15) is 0 Å². The molecule has 1 aromatic heterocycles. The van der Waals surface area contributed by atoms with E-state index in [1.807, 2.05) is 25.1 Å². The average Bonchev–Trinajstić information content (AvgIpc) is 2.67. The standard InChI is InChI=1S/C19H24N4O2/c1-13-10-17(14-6-8-20-9-7-14)22-23-19(13)21-12-15-4-5-16(24-2)11-18(15)25-3/h4-6,10-11,20H,7-9,12H2,1-3H3,(H,21,23). The van der Waals surface area contributed by atoms with Gasteiger partial charge in [-0.05, 0) is 49.2 Å². The normalized spacial score (nSPS) is 14.0. The predicted molar refractivity (Wildman–Crippen MR) is 99.1 cm³/mol. The molecule has 0 fully saturated rings. The third-order valence-corrected chi connectivity index (χ3v) is 4.32. The maximum atomic E-state index is 5.44. The third kappa shape index (κ3) is 4.09. The highest BCUT2D eigenvalue weighted by Crippen LogP contribution is 2.26. The minimum atomic E-state index is 0.606. The Morgan fingerprint density at radius 3 is 2.72 bits per heavy atom. The van der Waals surface area contributed by atoms with Gasteiger partial charge in [0.2, 0.25) is 0 Å². The van der Waals surface area contributed by atoms with Crippen molar-refractivity contribution in [2.24, 2.45) is 0 Å². The van der Waals surface area contributed by atoms with Crippen LogP contribution >= 0.6 is 0 Å². The van der Waals surface area contributed by atoms with E-state index in [2.05, 4.69) is 33.0 Å². The van der Waals surface area contributed by atoms with Crippen molar-refractivity contribution in [1.29, 1.82) is 0 Å². The molecule has 0 amide bonds. The Morgan fingerprint density at radius 2 is 2.04 bits per heavy atom. The van der Waals surface area contributed by atoms with Crippen molar-refractivity contribution in [2.75, 3.05) is 32.6 Å². The van der Waals surface area contributed by atoms with Gasteiger partial charge in [-0.3, -0.25) is 0 Å². The minimum absolute atomic E-state index is 0.606. The molecule has 132 valence electrons. The molecule has 2 heterocycles. The first kappa shape index (κ1) is 17.2. The number of benzene rings is 1. The largest absolute Gasteiger partial charge is 0.497 e. The number of hydrogen-bond donors (Lipinski definition) is 2. The molecule has 6 nitrogen and oxygen atoms in total. The first-order chi connectivity index (χ1) is 12.2. The first-order valence-corrected chi connectivity index (χ1v) is 8.40. The van der Waals surface area contributed by atoms with Gasteiger partial charge in [0.1, 0.15) is 11.5 Å². The number of nitrogens with zero attached hydrogens (tertiary/aromatic N) is 2. The predicted octanol–water partition coefficient (Wildman–Crippen LogP) is 2.79. The van der Waals surface area contributed by atoms with Crippen molar-refractivity contribution in [2.45, 2.75) is 19.9 Å². The maximum absolute atomic E-state index is 5.44. The van der Waals surface area contributed by atoms with E-state index in [1.165, 1.54) is 5.57 Å². The summed E-state index contributed by atoms with van der Waals surface area (Å²) in [6.45, 7) is 4.54. The second-order valence-corrected chi connectivity index (χ2v) is 5.98. The fourth-order valence-electron chi connectivity index (χ4n) is 2.85. The van der Waals surface area contributed by atoms with Gasteiger partial charge in [-0.1, -0.05) is 6.08 Å². The van der Waals surface area contributed by atoms with Gasteiger partial charge in [0, 0.05) is 24.7 Å². The van der Waals surface area contributed by atoms with E-state index in [0.717, 1.165) is 53.6 Å². The monoisotopic (exact) mass is 340 g/mol. The highest BCUT2D eigenvalue weighted by molar-refractivity contribution is 5.65. The Morgan fingerprint density at radius 1 is 1.16 bits per heavy atom. The lowest BCUT2D eigenvalue weighted by Crippen LogP contribution is -2.20. The van der Waals surface area contributed by atoms with Crippen molar-refractivity contribution < 1.29 is 9.47 Å². The molecule has 0 radical (unpaired) electrons. The van der Waals surface area contributed by atoms with Crippen LogP contribution in [0.5, 0.6) is 11.5 Å². The zero-order valence-corrected chi connectivity index (χ0v) is 14.9. The summed E-state index contributed by atoms with van der Waals surface area (Å²) in [6, 6.07) is 7.88. The first-order valence-electron chi connectivity index (χ1n) is 8.40. The number of nitrogens with one attached hydrogen (secondary N) is 2. The zero-order chi connectivity index (χ0) is 17.6. The minimum Gasteiger partial charge on any atom is -0.497 e. The summed E-state index contributed by atoms with van der Waals surface area (Å²) in [6.07, 6.45) is 3.17. The van der Waals surface area contributed by atoms with E-state index in [4.69, 9.17) is 9.47 Å². The lowest BCUT2D eigenvalue weighted by molar-refractivity contribution is 0.391. The van der Waals surface area contributed by atoms with Crippen LogP contribution in [-0.4, -0.2) is 37.5 Å². The molecule has 2 N–H and O–H groups in total. The molecular weight excluding hydrogens is 316 g/mol. The molecule has 25 heavy (non-hydrogen) atoms. The van der Waals surface area contributed by atoms with Crippen LogP contribution in [0.1, 0.15) is 23.2 Å². The van der Waals surface area contributed by atoms with Crippen LogP contribution in [0.3, 0.4) is 0 Å². The van der Waals surface area contributed by atoms with Crippen molar-refractivity contribution >= 4 is 11.4 Å². The van der Waals surface area contributed by atoms with E-state index in [0.29, 0.717) is 6.54 Å². The average molecular weight is 340 g/mol. The number of aromatic nitrogens is 2. The van der Waals surface area contributed by atoms with E-state index in [9.17, 15) is 0 Å². The summed E-state index contributed by atoms with van der Waals surface area (Å²) in [5.41, 5.74) is 4.34. The van der Waals surface area contributed by atoms with Gasteiger partial charge in [-0.25, -0.2) is 0 Å². The lowest BCUT2D eigenvalue weighted by atomic mass is 10.0. The molecule has 1 aliphatic heterocycles. The summed E-state index contributed by atoms with van der Waals surface area (Å²) >= 11 is 0. The van der Waals surface area contributed by atoms with Gasteiger partial charge in [0.25, 0.3) is 0 Å². The summed E-state index contributed by atoms with van der Waals surface area (Å²) in [4.78, 5) is 0. The smallest absolute Gasteiger partial charge is 0.151 e. The maximum Gasteiger partial charge on any atom is 0.151 e. The third-order valence-electron chi connectivity index (χ3n) is 4.32. The Labute approximate surface area is 148 Å². The van der Waals surface area contributed by atoms with E-state index in [1.54, 1.807) is 14.2 Å². The second-order valence-electron chi connectivity index (χ2n) is 5.98. The summed E-state index contributed by atoms with van der Waals surface area (Å²) in [5, 5.41) is 15.4. The molecule has 0 saturated heterocycles. The van der Waals surface area contributed by atoms with Crippen LogP contribution in [0.4, 0.5) is 5.82 Å². The molecule has 0 spiro atoms. The van der Waals surface area contributed by atoms with E-state index >= 15 is 0 Å². The van der Waals surface area contributed by atoms with E-state index in [-0.39, 0.29) is 0 Å². The zero-order valence-electron chi connectivity index (χ0n) is 14.9. The quantitative estimate of drug-likeness (QED) is 0.843. The van der Waals surface area contributed by atoms with Crippen LogP contribution in [-0.2, 0) is 6.54 Å². The van der Waals surface area contributed by atoms with Crippen molar-refractivity contribution in [3.05, 3.63) is 47.2 Å². The Hall–Kier alpha value is -2.60. The number of rotatable bonds is 6. The van der Waals surface area contributed by atoms with Crippen LogP contribution < -0.4 is 20.1 Å². The number of aryl methyl sites for hydroxylation is 1. The molecule has 6 heteroatoms. The highest BCUT2D eigenvalue weighted by Gasteiger charge is 2.11. The Kier molecular flexibility index (Phi) is 5.50. The number of methoxy groups -OCH3 is 2. The summed E-state index contributed by atoms with van der Waals surface area (Å²) in [7, 11) is 3.30. The molecule has 3 rings (SSSR count). The van der Waals surface area contributed by atoms with Crippen LogP contribution in [0.2, 0.25) is 0 Å². The van der Waals surface area contributed by atoms with Gasteiger partial charge < -0.3 is 20.1 Å². The Balaban J connectivity index is 1.72. The van der Waals surface area contributed by atoms with Gasteiger partial charge in [-0.15, -0.1) is 10.2 Å². The molecule has 0 atom stereocenters. The topological polar surface area (TPSA) is 68.3 Å². The molecule has 2 aromatic rings. The molecule has 0 aliphatic carbocycles. The van der Waals surface area contributed by atoms with Crippen molar-refractivity contribution in [3.8, 4) is 11.5 Å². The lowest BCUT2D eigenvalue weighted by Gasteiger charge is -2.15. The number of anilines is 1. The van der Waals surface area contributed by atoms with Crippen LogP contribution in [0, 0.1) is 6.92 Å². The molecule has 0 saturated carbocycles. The summed E-state index contributed by atoms with van der Waals surface area (Å²) < 4.78 is 10.7.